The first-order chi connectivity index (χ1) is 9.72. The highest BCUT2D eigenvalue weighted by Crippen LogP contribution is 2.28. The van der Waals surface area contributed by atoms with Gasteiger partial charge in [0.2, 0.25) is 0 Å². The van der Waals surface area contributed by atoms with Crippen molar-refractivity contribution in [3.05, 3.63) is 23.8 Å². The molecule has 1 aromatic rings. The third-order valence-corrected chi connectivity index (χ3v) is 3.56. The quantitative estimate of drug-likeness (QED) is 0.594. The Morgan fingerprint density at radius 3 is 3.10 bits per heavy atom. The van der Waals surface area contributed by atoms with E-state index in [1.54, 1.807) is 0 Å². The van der Waals surface area contributed by atoms with E-state index in [1.807, 2.05) is 25.1 Å². The second-order valence-electron chi connectivity index (χ2n) is 5.23. The monoisotopic (exact) mass is 276 g/mol. The van der Waals surface area contributed by atoms with Crippen molar-refractivity contribution in [1.82, 2.24) is 5.32 Å². The molecular formula is C16H24N2O2. The SMILES string of the molecule is CCCCCNC(C)C(=O)c1ccc2c(c1)NCCO2. The molecule has 0 fully saturated rings. The van der Waals surface area contributed by atoms with Crippen LogP contribution in [0.15, 0.2) is 18.2 Å². The Morgan fingerprint density at radius 1 is 1.45 bits per heavy atom. The van der Waals surface area contributed by atoms with E-state index in [4.69, 9.17) is 4.74 Å². The van der Waals surface area contributed by atoms with Gasteiger partial charge >= 0.3 is 0 Å². The molecule has 4 nitrogen and oxygen atoms in total. The smallest absolute Gasteiger partial charge is 0.179 e. The summed E-state index contributed by atoms with van der Waals surface area (Å²) in [4.78, 5) is 12.4. The molecule has 2 rings (SSSR count). The van der Waals surface area contributed by atoms with Gasteiger partial charge in [0.15, 0.2) is 5.78 Å². The van der Waals surface area contributed by atoms with Gasteiger partial charge in [-0.15, -0.1) is 0 Å². The van der Waals surface area contributed by atoms with Crippen molar-refractivity contribution in [3.63, 3.8) is 0 Å². The lowest BCUT2D eigenvalue weighted by Gasteiger charge is -2.20. The lowest BCUT2D eigenvalue weighted by Crippen LogP contribution is -2.34. The van der Waals surface area contributed by atoms with Crippen LogP contribution < -0.4 is 15.4 Å². The van der Waals surface area contributed by atoms with E-state index >= 15 is 0 Å². The predicted octanol–water partition coefficient (Wildman–Crippen LogP) is 2.84. The first-order valence-corrected chi connectivity index (χ1v) is 7.50. The number of hydrogen-bond donors (Lipinski definition) is 2. The van der Waals surface area contributed by atoms with Crippen LogP contribution >= 0.6 is 0 Å². The minimum atomic E-state index is -0.144. The number of benzene rings is 1. The van der Waals surface area contributed by atoms with Crippen LogP contribution in [0.25, 0.3) is 0 Å². The Morgan fingerprint density at radius 2 is 2.30 bits per heavy atom. The van der Waals surface area contributed by atoms with Gasteiger partial charge in [-0.1, -0.05) is 19.8 Å². The molecule has 1 atom stereocenters. The fourth-order valence-corrected chi connectivity index (χ4v) is 2.33. The maximum Gasteiger partial charge on any atom is 0.179 e. The molecule has 0 spiro atoms. The number of carbonyl (C=O) groups is 1. The lowest BCUT2D eigenvalue weighted by molar-refractivity contribution is 0.0951. The molecule has 0 aromatic heterocycles. The van der Waals surface area contributed by atoms with Crippen LogP contribution in [0.3, 0.4) is 0 Å². The first kappa shape index (κ1) is 14.9. The Labute approximate surface area is 120 Å². The number of rotatable bonds is 7. The zero-order valence-electron chi connectivity index (χ0n) is 12.4. The number of carbonyl (C=O) groups excluding carboxylic acids is 1. The standard InChI is InChI=1S/C16H24N2O2/c1-3-4-5-8-17-12(2)16(19)13-6-7-15-14(11-13)18-9-10-20-15/h6-7,11-12,17-18H,3-5,8-10H2,1-2H3. The average molecular weight is 276 g/mol. The van der Waals surface area contributed by atoms with Gasteiger partial charge in [0, 0.05) is 12.1 Å². The molecule has 0 bridgehead atoms. The second-order valence-corrected chi connectivity index (χ2v) is 5.23. The van der Waals surface area contributed by atoms with Gasteiger partial charge in [0.1, 0.15) is 12.4 Å². The van der Waals surface area contributed by atoms with Gasteiger partial charge in [-0.2, -0.15) is 0 Å². The minimum Gasteiger partial charge on any atom is -0.490 e. The Bertz CT molecular complexity index is 460. The normalized spacial score (nSPS) is 14.9. The molecule has 1 unspecified atom stereocenters. The number of unbranched alkanes of at least 4 members (excludes halogenated alkanes) is 2. The Hall–Kier alpha value is -1.55. The summed E-state index contributed by atoms with van der Waals surface area (Å²) in [6.45, 7) is 6.46. The van der Waals surface area contributed by atoms with Gasteiger partial charge < -0.3 is 15.4 Å². The molecule has 1 aliphatic heterocycles. The van der Waals surface area contributed by atoms with Gasteiger partial charge in [-0.25, -0.2) is 0 Å². The summed E-state index contributed by atoms with van der Waals surface area (Å²) in [5.74, 6) is 0.966. The number of nitrogens with one attached hydrogen (secondary N) is 2. The molecule has 1 aromatic carbocycles. The number of ketones is 1. The largest absolute Gasteiger partial charge is 0.490 e. The van der Waals surface area contributed by atoms with Crippen LogP contribution in [0.5, 0.6) is 5.75 Å². The number of Topliss-reactive ketones (excluding diaryl/α,β-unsaturated/α-hetero) is 1. The Balaban J connectivity index is 1.94. The molecule has 4 heteroatoms. The molecule has 0 aliphatic carbocycles. The van der Waals surface area contributed by atoms with Gasteiger partial charge in [-0.05, 0) is 38.1 Å². The van der Waals surface area contributed by atoms with E-state index < -0.39 is 0 Å². The number of ether oxygens (including phenoxy) is 1. The van der Waals surface area contributed by atoms with Crippen molar-refractivity contribution in [2.75, 3.05) is 25.0 Å². The van der Waals surface area contributed by atoms with Crippen LogP contribution in [-0.4, -0.2) is 31.5 Å². The molecule has 1 heterocycles. The molecule has 110 valence electrons. The topological polar surface area (TPSA) is 50.4 Å². The fraction of sp³-hybridized carbons (Fsp3) is 0.562. The van der Waals surface area contributed by atoms with Crippen molar-refractivity contribution in [1.29, 1.82) is 0 Å². The lowest BCUT2D eigenvalue weighted by atomic mass is 10.0. The zero-order valence-corrected chi connectivity index (χ0v) is 12.4. The minimum absolute atomic E-state index is 0.136. The number of fused-ring (bicyclic) bond motifs is 1. The molecule has 0 saturated heterocycles. The number of hydrogen-bond acceptors (Lipinski definition) is 4. The summed E-state index contributed by atoms with van der Waals surface area (Å²) in [6.07, 6.45) is 3.52. The van der Waals surface area contributed by atoms with Crippen LogP contribution in [0.2, 0.25) is 0 Å². The molecule has 1 aliphatic rings. The van der Waals surface area contributed by atoms with Crippen molar-refractivity contribution in [3.8, 4) is 5.75 Å². The highest BCUT2D eigenvalue weighted by molar-refractivity contribution is 6.01. The maximum absolute atomic E-state index is 12.4. The first-order valence-electron chi connectivity index (χ1n) is 7.50. The van der Waals surface area contributed by atoms with Crippen molar-refractivity contribution >= 4 is 11.5 Å². The van der Waals surface area contributed by atoms with Gasteiger partial charge in [-0.3, -0.25) is 4.79 Å². The van der Waals surface area contributed by atoms with Crippen molar-refractivity contribution < 1.29 is 9.53 Å². The van der Waals surface area contributed by atoms with Crippen LogP contribution in [0.4, 0.5) is 5.69 Å². The van der Waals surface area contributed by atoms with Crippen LogP contribution in [-0.2, 0) is 0 Å². The van der Waals surface area contributed by atoms with E-state index in [0.717, 1.165) is 36.5 Å². The molecule has 2 N–H and O–H groups in total. The second kappa shape index (κ2) is 7.29. The summed E-state index contributed by atoms with van der Waals surface area (Å²) in [6, 6.07) is 5.47. The summed E-state index contributed by atoms with van der Waals surface area (Å²) in [7, 11) is 0. The highest BCUT2D eigenvalue weighted by Gasteiger charge is 2.17. The van der Waals surface area contributed by atoms with E-state index in [9.17, 15) is 4.79 Å². The zero-order chi connectivity index (χ0) is 14.4. The molecule has 0 saturated carbocycles. The highest BCUT2D eigenvalue weighted by atomic mass is 16.5. The molecular weight excluding hydrogens is 252 g/mol. The molecule has 20 heavy (non-hydrogen) atoms. The molecule has 0 amide bonds. The van der Waals surface area contributed by atoms with Crippen LogP contribution in [0.1, 0.15) is 43.5 Å². The van der Waals surface area contributed by atoms with E-state index in [2.05, 4.69) is 17.6 Å². The van der Waals surface area contributed by atoms with Crippen LogP contribution in [0, 0.1) is 0 Å². The average Bonchev–Trinajstić information content (AvgIpc) is 2.50. The fourth-order valence-electron chi connectivity index (χ4n) is 2.33. The Kier molecular flexibility index (Phi) is 5.41. The predicted molar refractivity (Wildman–Crippen MR) is 81.7 cm³/mol. The number of anilines is 1. The summed E-state index contributed by atoms with van der Waals surface area (Å²) in [5, 5.41) is 6.55. The van der Waals surface area contributed by atoms with Crippen molar-refractivity contribution in [2.24, 2.45) is 0 Å². The third kappa shape index (κ3) is 3.73. The van der Waals surface area contributed by atoms with E-state index in [1.165, 1.54) is 12.8 Å². The summed E-state index contributed by atoms with van der Waals surface area (Å²) < 4.78 is 5.52. The summed E-state index contributed by atoms with van der Waals surface area (Å²) in [5.41, 5.74) is 1.65. The van der Waals surface area contributed by atoms with E-state index in [0.29, 0.717) is 6.61 Å². The summed E-state index contributed by atoms with van der Waals surface area (Å²) >= 11 is 0. The van der Waals surface area contributed by atoms with Crippen molar-refractivity contribution in [2.45, 2.75) is 39.2 Å². The van der Waals surface area contributed by atoms with E-state index in [-0.39, 0.29) is 11.8 Å². The van der Waals surface area contributed by atoms with Gasteiger partial charge in [0.25, 0.3) is 0 Å². The van der Waals surface area contributed by atoms with Gasteiger partial charge in [0.05, 0.1) is 11.7 Å². The maximum atomic E-state index is 12.4. The molecule has 0 radical (unpaired) electrons. The third-order valence-electron chi connectivity index (χ3n) is 3.56.